The summed E-state index contributed by atoms with van der Waals surface area (Å²) in [6.45, 7) is 4.32. The van der Waals surface area contributed by atoms with Gasteiger partial charge < -0.3 is 9.47 Å². The lowest BCUT2D eigenvalue weighted by Crippen LogP contribution is -2.18. The summed E-state index contributed by atoms with van der Waals surface area (Å²) in [5.74, 6) is -1.09. The standard InChI is InChI=1S/C13H16O4/c1-3-9-17-11-8-6-5-7-10(11)12(14)13(15)16-4-2/h5-8H,3-4,9H2,1-2H3. The van der Waals surface area contributed by atoms with E-state index in [0.717, 1.165) is 6.42 Å². The van der Waals surface area contributed by atoms with Crippen LogP contribution in [0, 0.1) is 0 Å². The Balaban J connectivity index is 2.88. The fourth-order valence-electron chi connectivity index (χ4n) is 1.30. The minimum atomic E-state index is -0.847. The highest BCUT2D eigenvalue weighted by molar-refractivity contribution is 6.41. The molecule has 1 aromatic rings. The Kier molecular flexibility index (Phi) is 5.20. The first-order valence-corrected chi connectivity index (χ1v) is 5.64. The Hall–Kier alpha value is -1.84. The zero-order chi connectivity index (χ0) is 12.7. The minimum Gasteiger partial charge on any atom is -0.493 e. The highest BCUT2D eigenvalue weighted by Crippen LogP contribution is 2.19. The molecular weight excluding hydrogens is 220 g/mol. The van der Waals surface area contributed by atoms with E-state index in [9.17, 15) is 9.59 Å². The van der Waals surface area contributed by atoms with Gasteiger partial charge >= 0.3 is 5.97 Å². The van der Waals surface area contributed by atoms with Crippen molar-refractivity contribution < 1.29 is 19.1 Å². The van der Waals surface area contributed by atoms with Crippen LogP contribution in [0.2, 0.25) is 0 Å². The molecule has 0 aromatic heterocycles. The molecule has 0 radical (unpaired) electrons. The molecule has 0 atom stereocenters. The SMILES string of the molecule is CCCOc1ccccc1C(=O)C(=O)OCC. The Morgan fingerprint density at radius 3 is 2.53 bits per heavy atom. The van der Waals surface area contributed by atoms with Crippen molar-refractivity contribution in [3.8, 4) is 5.75 Å². The number of esters is 1. The molecule has 0 bridgehead atoms. The number of hydrogen-bond acceptors (Lipinski definition) is 4. The van der Waals surface area contributed by atoms with Gasteiger partial charge in [0.2, 0.25) is 0 Å². The van der Waals surface area contributed by atoms with E-state index in [1.807, 2.05) is 6.92 Å². The van der Waals surface area contributed by atoms with E-state index in [1.54, 1.807) is 31.2 Å². The van der Waals surface area contributed by atoms with E-state index in [1.165, 1.54) is 0 Å². The summed E-state index contributed by atoms with van der Waals surface area (Å²) in [4.78, 5) is 23.1. The number of rotatable bonds is 6. The second kappa shape index (κ2) is 6.68. The molecule has 0 saturated heterocycles. The highest BCUT2D eigenvalue weighted by atomic mass is 16.5. The lowest BCUT2D eigenvalue weighted by molar-refractivity contribution is -0.137. The van der Waals surface area contributed by atoms with E-state index < -0.39 is 11.8 Å². The second-order valence-corrected chi connectivity index (χ2v) is 3.39. The molecule has 0 aliphatic heterocycles. The summed E-state index contributed by atoms with van der Waals surface area (Å²) in [6, 6.07) is 6.67. The van der Waals surface area contributed by atoms with E-state index >= 15 is 0 Å². The normalized spacial score (nSPS) is 9.76. The number of carbonyl (C=O) groups is 2. The molecule has 0 fully saturated rings. The van der Waals surface area contributed by atoms with Crippen molar-refractivity contribution >= 4 is 11.8 Å². The Morgan fingerprint density at radius 1 is 1.18 bits per heavy atom. The van der Waals surface area contributed by atoms with Crippen molar-refractivity contribution in [2.45, 2.75) is 20.3 Å². The van der Waals surface area contributed by atoms with Gasteiger partial charge in [0, 0.05) is 0 Å². The third kappa shape index (κ3) is 3.59. The number of hydrogen-bond donors (Lipinski definition) is 0. The molecule has 0 saturated carbocycles. The van der Waals surface area contributed by atoms with E-state index in [4.69, 9.17) is 4.74 Å². The molecule has 0 unspecified atom stereocenters. The average Bonchev–Trinajstić information content (AvgIpc) is 2.36. The van der Waals surface area contributed by atoms with Gasteiger partial charge in [-0.05, 0) is 25.5 Å². The Labute approximate surface area is 101 Å². The maximum atomic E-state index is 11.8. The Morgan fingerprint density at radius 2 is 1.88 bits per heavy atom. The van der Waals surface area contributed by atoms with Crippen LogP contribution in [0.1, 0.15) is 30.6 Å². The van der Waals surface area contributed by atoms with Crippen LogP contribution in [-0.2, 0) is 9.53 Å². The molecule has 92 valence electrons. The van der Waals surface area contributed by atoms with Crippen LogP contribution in [0.3, 0.4) is 0 Å². The summed E-state index contributed by atoms with van der Waals surface area (Å²) in [7, 11) is 0. The van der Waals surface area contributed by atoms with Crippen molar-refractivity contribution in [1.82, 2.24) is 0 Å². The third-order valence-electron chi connectivity index (χ3n) is 2.05. The lowest BCUT2D eigenvalue weighted by atomic mass is 10.1. The number of para-hydroxylation sites is 1. The highest BCUT2D eigenvalue weighted by Gasteiger charge is 2.21. The van der Waals surface area contributed by atoms with Crippen LogP contribution in [0.4, 0.5) is 0 Å². The largest absolute Gasteiger partial charge is 0.493 e. The molecular formula is C13H16O4. The summed E-state index contributed by atoms with van der Waals surface area (Å²) in [5.41, 5.74) is 0.249. The van der Waals surface area contributed by atoms with Gasteiger partial charge in [0.15, 0.2) is 0 Å². The number of benzene rings is 1. The maximum absolute atomic E-state index is 11.8. The number of Topliss-reactive ketones (excluding diaryl/α,β-unsaturated/α-hetero) is 1. The van der Waals surface area contributed by atoms with Crippen LogP contribution in [0.5, 0.6) is 5.75 Å². The van der Waals surface area contributed by atoms with E-state index in [-0.39, 0.29) is 12.2 Å². The average molecular weight is 236 g/mol. The maximum Gasteiger partial charge on any atom is 0.379 e. The van der Waals surface area contributed by atoms with Crippen molar-refractivity contribution in [1.29, 1.82) is 0 Å². The van der Waals surface area contributed by atoms with Gasteiger partial charge in [-0.3, -0.25) is 4.79 Å². The molecule has 0 aliphatic carbocycles. The first kappa shape index (κ1) is 13.2. The molecule has 0 amide bonds. The van der Waals surface area contributed by atoms with Crippen molar-refractivity contribution in [3.05, 3.63) is 29.8 Å². The molecule has 0 spiro atoms. The first-order chi connectivity index (χ1) is 8.20. The van der Waals surface area contributed by atoms with Gasteiger partial charge in [0.1, 0.15) is 5.75 Å². The minimum absolute atomic E-state index is 0.183. The summed E-state index contributed by atoms with van der Waals surface area (Å²) < 4.78 is 10.1. The molecule has 0 N–H and O–H groups in total. The van der Waals surface area contributed by atoms with Gasteiger partial charge in [-0.25, -0.2) is 4.79 Å². The Bertz CT molecular complexity index is 398. The van der Waals surface area contributed by atoms with Crippen LogP contribution < -0.4 is 4.74 Å². The zero-order valence-electron chi connectivity index (χ0n) is 10.1. The first-order valence-electron chi connectivity index (χ1n) is 5.64. The predicted molar refractivity (Wildman–Crippen MR) is 63.2 cm³/mol. The van der Waals surface area contributed by atoms with E-state index in [2.05, 4.69) is 4.74 Å². The van der Waals surface area contributed by atoms with Crippen LogP contribution in [-0.4, -0.2) is 25.0 Å². The van der Waals surface area contributed by atoms with Crippen molar-refractivity contribution in [2.75, 3.05) is 13.2 Å². The smallest absolute Gasteiger partial charge is 0.379 e. The van der Waals surface area contributed by atoms with Crippen LogP contribution >= 0.6 is 0 Å². The number of ketones is 1. The van der Waals surface area contributed by atoms with E-state index in [0.29, 0.717) is 12.4 Å². The number of carbonyl (C=O) groups excluding carboxylic acids is 2. The predicted octanol–water partition coefficient (Wildman–Crippen LogP) is 2.22. The van der Waals surface area contributed by atoms with Gasteiger partial charge in [0.25, 0.3) is 5.78 Å². The molecule has 17 heavy (non-hydrogen) atoms. The van der Waals surface area contributed by atoms with Crippen LogP contribution in [0.15, 0.2) is 24.3 Å². The third-order valence-corrected chi connectivity index (χ3v) is 2.05. The fourth-order valence-corrected chi connectivity index (χ4v) is 1.30. The lowest BCUT2D eigenvalue weighted by Gasteiger charge is -2.09. The summed E-state index contributed by atoms with van der Waals surface area (Å²) in [6.07, 6.45) is 0.835. The summed E-state index contributed by atoms with van der Waals surface area (Å²) in [5, 5.41) is 0. The molecule has 4 heteroatoms. The quantitative estimate of drug-likeness (QED) is 0.431. The molecule has 1 aromatic carbocycles. The van der Waals surface area contributed by atoms with Gasteiger partial charge in [0.05, 0.1) is 18.8 Å². The summed E-state index contributed by atoms with van der Waals surface area (Å²) >= 11 is 0. The topological polar surface area (TPSA) is 52.6 Å². The van der Waals surface area contributed by atoms with Crippen molar-refractivity contribution in [2.24, 2.45) is 0 Å². The number of ether oxygens (including phenoxy) is 2. The van der Waals surface area contributed by atoms with Crippen LogP contribution in [0.25, 0.3) is 0 Å². The second-order valence-electron chi connectivity index (χ2n) is 3.39. The van der Waals surface area contributed by atoms with Gasteiger partial charge in [-0.1, -0.05) is 19.1 Å². The van der Waals surface area contributed by atoms with Gasteiger partial charge in [-0.15, -0.1) is 0 Å². The fraction of sp³-hybridized carbons (Fsp3) is 0.385. The molecule has 0 aliphatic rings. The van der Waals surface area contributed by atoms with Gasteiger partial charge in [-0.2, -0.15) is 0 Å². The zero-order valence-corrected chi connectivity index (χ0v) is 10.1. The van der Waals surface area contributed by atoms with Crippen molar-refractivity contribution in [3.63, 3.8) is 0 Å². The molecule has 0 heterocycles. The monoisotopic (exact) mass is 236 g/mol. The molecule has 1 rings (SSSR count). The molecule has 4 nitrogen and oxygen atoms in total.